The van der Waals surface area contributed by atoms with Crippen LogP contribution in [0.1, 0.15) is 79.3 Å². The Morgan fingerprint density at radius 3 is 2.02 bits per heavy atom. The molecule has 2 unspecified atom stereocenters. The predicted molar refractivity (Wildman–Crippen MR) is 145 cm³/mol. The second-order valence-electron chi connectivity index (χ2n) is 11.8. The molecule has 10 heteroatoms. The molecule has 0 amide bonds. The van der Waals surface area contributed by atoms with Gasteiger partial charge in [0.15, 0.2) is 0 Å². The van der Waals surface area contributed by atoms with Crippen molar-refractivity contribution in [2.75, 3.05) is 18.0 Å². The van der Waals surface area contributed by atoms with Gasteiger partial charge < -0.3 is 9.64 Å². The lowest BCUT2D eigenvalue weighted by Gasteiger charge is -2.39. The van der Waals surface area contributed by atoms with Gasteiger partial charge in [-0.3, -0.25) is 0 Å². The van der Waals surface area contributed by atoms with Crippen LogP contribution in [-0.2, 0) is 43.0 Å². The average Bonchev–Trinajstić information content (AvgIpc) is 3.64. The lowest BCUT2D eigenvalue weighted by molar-refractivity contribution is -0.951. The van der Waals surface area contributed by atoms with E-state index in [-0.39, 0.29) is 29.2 Å². The molecule has 2 atom stereocenters. The third-order valence-corrected chi connectivity index (χ3v) is 9.10. The lowest BCUT2D eigenvalue weighted by Crippen LogP contribution is -2.54. The first-order valence-corrected chi connectivity index (χ1v) is 14.4. The number of alkyl halides is 6. The third-order valence-electron chi connectivity index (χ3n) is 9.10. The van der Waals surface area contributed by atoms with Crippen LogP contribution in [0.3, 0.4) is 0 Å². The van der Waals surface area contributed by atoms with Crippen LogP contribution in [0.25, 0.3) is 0 Å². The van der Waals surface area contributed by atoms with Crippen molar-refractivity contribution in [3.05, 3.63) is 75.7 Å². The number of aryl methyl sites for hydroxylation is 2. The number of nitrogens with two attached hydrogens (primary N) is 1. The fourth-order valence-electron chi connectivity index (χ4n) is 6.80. The van der Waals surface area contributed by atoms with Gasteiger partial charge in [-0.25, -0.2) is 10.2 Å². The van der Waals surface area contributed by atoms with E-state index in [1.807, 2.05) is 0 Å². The molecule has 0 aromatic heterocycles. The highest BCUT2D eigenvalue weighted by atomic mass is 19.4. The molecule has 0 spiro atoms. The van der Waals surface area contributed by atoms with E-state index in [0.29, 0.717) is 11.6 Å². The zero-order valence-corrected chi connectivity index (χ0v) is 23.5. The van der Waals surface area contributed by atoms with Crippen LogP contribution in [-0.4, -0.2) is 23.9 Å². The smallest absolute Gasteiger partial charge is 0.416 e. The van der Waals surface area contributed by atoms with Gasteiger partial charge in [-0.1, -0.05) is 12.8 Å². The zero-order valence-electron chi connectivity index (χ0n) is 23.5. The van der Waals surface area contributed by atoms with Gasteiger partial charge >= 0.3 is 12.4 Å². The van der Waals surface area contributed by atoms with Crippen molar-refractivity contribution < 1.29 is 35.6 Å². The van der Waals surface area contributed by atoms with E-state index in [9.17, 15) is 26.3 Å². The first-order valence-electron chi connectivity index (χ1n) is 14.4. The molecule has 2 aliphatic carbocycles. The molecule has 2 aromatic rings. The monoisotopic (exact) mass is 582 g/mol. The molecule has 3 aliphatic rings. The molecule has 1 fully saturated rings. The molecule has 2 N–H and O–H groups in total. The number of allylic oxidation sites excluding steroid dienone is 1. The highest BCUT2D eigenvalue weighted by molar-refractivity contribution is 5.58. The van der Waals surface area contributed by atoms with Crippen molar-refractivity contribution in [1.82, 2.24) is 0 Å². The number of quaternary nitrogens is 1. The summed E-state index contributed by atoms with van der Waals surface area (Å²) in [5, 5.41) is 0. The van der Waals surface area contributed by atoms with Crippen molar-refractivity contribution in [1.29, 1.82) is 0 Å². The molecule has 0 bridgehead atoms. The van der Waals surface area contributed by atoms with Gasteiger partial charge in [0.05, 0.1) is 11.1 Å². The predicted octanol–water partition coefficient (Wildman–Crippen LogP) is 7.88. The Morgan fingerprint density at radius 2 is 1.49 bits per heavy atom. The molecule has 0 saturated heterocycles. The molecule has 2 aromatic carbocycles. The minimum absolute atomic E-state index is 0.0955. The summed E-state index contributed by atoms with van der Waals surface area (Å²) in [5.41, 5.74) is 8.99. The first kappa shape index (κ1) is 29.8. The van der Waals surface area contributed by atoms with E-state index in [0.717, 1.165) is 55.7 Å². The van der Waals surface area contributed by atoms with E-state index < -0.39 is 29.8 Å². The summed E-state index contributed by atoms with van der Waals surface area (Å²) in [7, 11) is 0. The number of hydrogen-bond acceptors (Lipinski definition) is 3. The molecule has 0 radical (unpaired) electrons. The molecule has 1 heterocycles. The summed E-state index contributed by atoms with van der Waals surface area (Å²) in [6, 6.07) is 6.20. The maximum atomic E-state index is 13.7. The first-order chi connectivity index (χ1) is 19.3. The minimum atomic E-state index is -4.93. The van der Waals surface area contributed by atoms with Gasteiger partial charge in [0.1, 0.15) is 25.0 Å². The average molecular weight is 583 g/mol. The van der Waals surface area contributed by atoms with Crippen LogP contribution in [0.4, 0.5) is 32.0 Å². The molecule has 41 heavy (non-hydrogen) atoms. The topological polar surface area (TPSA) is 38.5 Å². The van der Waals surface area contributed by atoms with Gasteiger partial charge in [-0.05, 0) is 86.4 Å². The van der Waals surface area contributed by atoms with Gasteiger partial charge in [-0.2, -0.15) is 26.3 Å². The van der Waals surface area contributed by atoms with Crippen LogP contribution < -0.4 is 10.6 Å². The van der Waals surface area contributed by atoms with Gasteiger partial charge in [-0.15, -0.1) is 0 Å². The second-order valence-corrected chi connectivity index (χ2v) is 11.8. The van der Waals surface area contributed by atoms with Crippen LogP contribution in [0.2, 0.25) is 0 Å². The van der Waals surface area contributed by atoms with E-state index in [4.69, 9.17) is 10.5 Å². The number of hydrogen-bond donors (Lipinski definition) is 1. The number of fused-ring (bicyclic) bond motifs is 1. The van der Waals surface area contributed by atoms with E-state index in [2.05, 4.69) is 24.0 Å². The highest BCUT2D eigenvalue weighted by Gasteiger charge is 2.45. The van der Waals surface area contributed by atoms with Crippen molar-refractivity contribution >= 4 is 5.69 Å². The maximum Gasteiger partial charge on any atom is 0.416 e. The molecule has 224 valence electrons. The Labute approximate surface area is 237 Å². The highest BCUT2D eigenvalue weighted by Crippen LogP contribution is 2.41. The van der Waals surface area contributed by atoms with Crippen molar-refractivity contribution in [3.8, 4) is 0 Å². The molecule has 1 saturated carbocycles. The maximum absolute atomic E-state index is 13.7. The number of anilines is 1. The molecular formula is C31H38F6N3O+. The van der Waals surface area contributed by atoms with Crippen LogP contribution in [0.15, 0.2) is 42.3 Å². The van der Waals surface area contributed by atoms with Gasteiger partial charge in [0, 0.05) is 36.8 Å². The van der Waals surface area contributed by atoms with Gasteiger partial charge in [0.25, 0.3) is 6.35 Å². The third kappa shape index (κ3) is 6.09. The van der Waals surface area contributed by atoms with Crippen molar-refractivity contribution in [3.63, 3.8) is 0 Å². The molecule has 1 aliphatic heterocycles. The zero-order chi connectivity index (χ0) is 29.6. The van der Waals surface area contributed by atoms with Crippen LogP contribution in [0, 0.1) is 5.92 Å². The Kier molecular flexibility index (Phi) is 8.11. The van der Waals surface area contributed by atoms with Gasteiger partial charge in [0.2, 0.25) is 0 Å². The summed E-state index contributed by atoms with van der Waals surface area (Å²) in [6.45, 7) is 5.71. The fourth-order valence-corrected chi connectivity index (χ4v) is 6.80. The van der Waals surface area contributed by atoms with Crippen LogP contribution in [0.5, 0.6) is 0 Å². The summed E-state index contributed by atoms with van der Waals surface area (Å²) in [5.74, 6) is 0.601. The number of nitrogens with zero attached hydrogens (tertiary/aromatic N) is 2. The molecule has 4 nitrogen and oxygen atoms in total. The molecular weight excluding hydrogens is 544 g/mol. The van der Waals surface area contributed by atoms with Crippen LogP contribution >= 0.6 is 0 Å². The summed E-state index contributed by atoms with van der Waals surface area (Å²) in [6.07, 6.45) is -1.53. The molecule has 5 rings (SSSR count). The second kappa shape index (κ2) is 11.2. The summed E-state index contributed by atoms with van der Waals surface area (Å²) in [4.78, 5) is 2.38. The number of ether oxygens (including phenoxy) is 1. The number of rotatable bonds is 8. The van der Waals surface area contributed by atoms with Crippen molar-refractivity contribution in [2.24, 2.45) is 11.7 Å². The summed E-state index contributed by atoms with van der Waals surface area (Å²) < 4.78 is 87.6. The normalized spacial score (nSPS) is 23.0. The fraction of sp³-hybridized carbons (Fsp3) is 0.548. The largest absolute Gasteiger partial charge is 0.431 e. The van der Waals surface area contributed by atoms with Crippen molar-refractivity contribution in [2.45, 2.75) is 90.6 Å². The number of benzene rings is 2. The lowest BCUT2D eigenvalue weighted by atomic mass is 9.99. The SMILES string of the molecule is CCN(CC1CCCC1)c1cc2c(cc1C[N+]1(Cc3cc(C(F)(F)F)cc(C(F)(F)F)c3)C(C)=COC1N)CCC2. The Morgan fingerprint density at radius 1 is 0.878 bits per heavy atom. The standard InChI is InChI=1S/C31H38F6N3O/c1-3-39(16-21-7-4-5-8-21)28-14-24-10-6-9-23(24)13-25(28)18-40(20(2)19-41-29(40)38)17-22-11-26(30(32,33)34)15-27(12-22)31(35,36)37/h11-15,19,21,29H,3-10,16-18,38H2,1-2H3/q+1. The van der Waals surface area contributed by atoms with E-state index >= 15 is 0 Å². The minimum Gasteiger partial charge on any atom is -0.431 e. The quantitative estimate of drug-likeness (QED) is 0.254. The van der Waals surface area contributed by atoms with E-state index in [1.54, 1.807) is 6.92 Å². The van der Waals surface area contributed by atoms with E-state index in [1.165, 1.54) is 43.1 Å². The Hall–Kier alpha value is -2.72. The summed E-state index contributed by atoms with van der Waals surface area (Å²) >= 11 is 0. The Bertz CT molecular complexity index is 1270. The Balaban J connectivity index is 1.58. The number of halogens is 6.